The summed E-state index contributed by atoms with van der Waals surface area (Å²) in [5.74, 6) is 2.60. The smallest absolute Gasteiger partial charge is 0.126 e. The molecule has 0 aromatic heterocycles. The summed E-state index contributed by atoms with van der Waals surface area (Å²) in [6, 6.07) is 27.6. The second-order valence-corrected chi connectivity index (χ2v) is 9.62. The van der Waals surface area contributed by atoms with Crippen molar-refractivity contribution in [1.82, 2.24) is 0 Å². The summed E-state index contributed by atoms with van der Waals surface area (Å²) >= 11 is 6.92. The largest absolute Gasteiger partial charge is 0.508 e. The second-order valence-electron chi connectivity index (χ2n) is 7.79. The number of methoxy groups -OCH3 is 3. The van der Waals surface area contributed by atoms with Gasteiger partial charge in [0, 0.05) is 33.9 Å². The third kappa shape index (κ3) is 8.05. The molecular weight excluding hydrogens is 572 g/mol. The highest BCUT2D eigenvalue weighted by Crippen LogP contribution is 2.28. The molecule has 4 rings (SSSR count). The van der Waals surface area contributed by atoms with Gasteiger partial charge in [0.05, 0.1) is 21.3 Å². The first-order valence-corrected chi connectivity index (χ1v) is 12.6. The van der Waals surface area contributed by atoms with Crippen LogP contribution in [0.25, 0.3) is 0 Å². The standard InChI is InChI=1S/C15H15BrO2.C14H13BrO2/c1-17-14-7-6-12(15(10-14)18-2)8-11-4-3-5-13(16)9-11;1-17-13-6-5-11(14(16)9-13)7-10-3-2-4-12(15)8-10/h3-7,9-10H,8H2,1-2H3;2-6,8-9,16H,7H2,1H3. The third-order valence-corrected chi connectivity index (χ3v) is 6.34. The Morgan fingerprint density at radius 2 is 1.11 bits per heavy atom. The van der Waals surface area contributed by atoms with Crippen LogP contribution in [0.5, 0.6) is 23.0 Å². The summed E-state index contributed by atoms with van der Waals surface area (Å²) < 4.78 is 17.8. The van der Waals surface area contributed by atoms with Crippen molar-refractivity contribution >= 4 is 31.9 Å². The Labute approximate surface area is 223 Å². The van der Waals surface area contributed by atoms with Gasteiger partial charge in [0.25, 0.3) is 0 Å². The molecule has 4 nitrogen and oxygen atoms in total. The van der Waals surface area contributed by atoms with Crippen molar-refractivity contribution in [2.24, 2.45) is 0 Å². The number of phenolic OH excluding ortho intramolecular Hbond substituents is 1. The first kappa shape index (κ1) is 26.6. The molecule has 6 heteroatoms. The third-order valence-electron chi connectivity index (χ3n) is 5.35. The maximum absolute atomic E-state index is 9.86. The van der Waals surface area contributed by atoms with Gasteiger partial charge in [0.15, 0.2) is 0 Å². The molecule has 4 aromatic carbocycles. The summed E-state index contributed by atoms with van der Waals surface area (Å²) in [6.45, 7) is 0. The molecule has 0 fully saturated rings. The molecule has 0 spiro atoms. The molecule has 0 heterocycles. The average Bonchev–Trinajstić information content (AvgIpc) is 2.86. The van der Waals surface area contributed by atoms with Gasteiger partial charge < -0.3 is 19.3 Å². The fourth-order valence-corrected chi connectivity index (χ4v) is 4.44. The Balaban J connectivity index is 0.000000196. The van der Waals surface area contributed by atoms with Crippen molar-refractivity contribution in [3.8, 4) is 23.0 Å². The number of ether oxygens (including phenoxy) is 3. The SMILES string of the molecule is COc1ccc(Cc2cccc(Br)c2)c(O)c1.COc1ccc(Cc2cccc(Br)c2)c(OC)c1. The predicted octanol–water partition coefficient (Wildman–Crippen LogP) is 7.81. The van der Waals surface area contributed by atoms with Gasteiger partial charge in [-0.1, -0.05) is 68.3 Å². The number of halogens is 2. The van der Waals surface area contributed by atoms with Crippen LogP contribution in [0.1, 0.15) is 22.3 Å². The van der Waals surface area contributed by atoms with E-state index in [1.54, 1.807) is 27.4 Å². The predicted molar refractivity (Wildman–Crippen MR) is 148 cm³/mol. The number of benzene rings is 4. The maximum atomic E-state index is 9.86. The Hall–Kier alpha value is -2.96. The zero-order valence-electron chi connectivity index (χ0n) is 19.9. The molecule has 0 bridgehead atoms. The van der Waals surface area contributed by atoms with Crippen molar-refractivity contribution in [3.05, 3.63) is 116 Å². The lowest BCUT2D eigenvalue weighted by Gasteiger charge is -2.10. The Bertz CT molecular complexity index is 1260. The summed E-state index contributed by atoms with van der Waals surface area (Å²) in [4.78, 5) is 0. The Morgan fingerprint density at radius 3 is 1.60 bits per heavy atom. The minimum Gasteiger partial charge on any atom is -0.508 e. The van der Waals surface area contributed by atoms with Gasteiger partial charge in [0.1, 0.15) is 23.0 Å². The molecule has 0 radical (unpaired) electrons. The average molecular weight is 600 g/mol. The van der Waals surface area contributed by atoms with Gasteiger partial charge in [-0.15, -0.1) is 0 Å². The fraction of sp³-hybridized carbons (Fsp3) is 0.172. The highest BCUT2D eigenvalue weighted by atomic mass is 79.9. The van der Waals surface area contributed by atoms with E-state index in [4.69, 9.17) is 14.2 Å². The molecule has 0 saturated heterocycles. The molecule has 35 heavy (non-hydrogen) atoms. The van der Waals surface area contributed by atoms with E-state index in [1.807, 2.05) is 66.7 Å². The molecule has 4 aromatic rings. The zero-order chi connectivity index (χ0) is 25.2. The van der Waals surface area contributed by atoms with Crippen LogP contribution in [0, 0.1) is 0 Å². The second kappa shape index (κ2) is 13.2. The van der Waals surface area contributed by atoms with Gasteiger partial charge >= 0.3 is 0 Å². The van der Waals surface area contributed by atoms with Crippen molar-refractivity contribution in [1.29, 1.82) is 0 Å². The van der Waals surface area contributed by atoms with Gasteiger partial charge in [-0.25, -0.2) is 0 Å². The molecule has 0 aliphatic carbocycles. The number of rotatable bonds is 7. The van der Waals surface area contributed by atoms with Gasteiger partial charge in [-0.2, -0.15) is 0 Å². The number of hydrogen-bond acceptors (Lipinski definition) is 4. The monoisotopic (exact) mass is 598 g/mol. The van der Waals surface area contributed by atoms with Gasteiger partial charge in [0.2, 0.25) is 0 Å². The topological polar surface area (TPSA) is 47.9 Å². The molecule has 0 unspecified atom stereocenters. The van der Waals surface area contributed by atoms with Crippen molar-refractivity contribution in [2.45, 2.75) is 12.8 Å². The van der Waals surface area contributed by atoms with E-state index in [2.05, 4.69) is 44.0 Å². The number of hydrogen-bond donors (Lipinski definition) is 1. The lowest BCUT2D eigenvalue weighted by atomic mass is 10.0. The molecule has 182 valence electrons. The number of phenols is 1. The first-order chi connectivity index (χ1) is 16.9. The molecule has 1 N–H and O–H groups in total. The molecule has 0 saturated carbocycles. The van der Waals surface area contributed by atoms with Crippen LogP contribution in [-0.2, 0) is 12.8 Å². The van der Waals surface area contributed by atoms with Crippen LogP contribution in [0.2, 0.25) is 0 Å². The van der Waals surface area contributed by atoms with Crippen molar-refractivity contribution < 1.29 is 19.3 Å². The quantitative estimate of drug-likeness (QED) is 0.235. The van der Waals surface area contributed by atoms with Gasteiger partial charge in [-0.05, 0) is 58.7 Å². The van der Waals surface area contributed by atoms with E-state index >= 15 is 0 Å². The van der Waals surface area contributed by atoms with Crippen molar-refractivity contribution in [2.75, 3.05) is 21.3 Å². The van der Waals surface area contributed by atoms with E-state index in [9.17, 15) is 5.11 Å². The molecule has 0 aliphatic heterocycles. The maximum Gasteiger partial charge on any atom is 0.126 e. The van der Waals surface area contributed by atoms with Gasteiger partial charge in [-0.3, -0.25) is 0 Å². The summed E-state index contributed by atoms with van der Waals surface area (Å²) in [7, 11) is 4.92. The Morgan fingerprint density at radius 1 is 0.600 bits per heavy atom. The lowest BCUT2D eigenvalue weighted by Crippen LogP contribution is -1.95. The van der Waals surface area contributed by atoms with E-state index in [0.717, 1.165) is 43.6 Å². The summed E-state index contributed by atoms with van der Waals surface area (Å²) in [5, 5.41) is 9.86. The van der Waals surface area contributed by atoms with Crippen LogP contribution in [0.15, 0.2) is 93.9 Å². The molecule has 0 amide bonds. The van der Waals surface area contributed by atoms with E-state index in [0.29, 0.717) is 12.2 Å². The normalized spacial score (nSPS) is 10.2. The fourth-order valence-electron chi connectivity index (χ4n) is 3.55. The van der Waals surface area contributed by atoms with Crippen LogP contribution in [-0.4, -0.2) is 26.4 Å². The van der Waals surface area contributed by atoms with E-state index < -0.39 is 0 Å². The molecule has 0 aliphatic rings. The van der Waals surface area contributed by atoms with Crippen LogP contribution in [0.4, 0.5) is 0 Å². The summed E-state index contributed by atoms with van der Waals surface area (Å²) in [6.07, 6.45) is 1.54. The highest BCUT2D eigenvalue weighted by molar-refractivity contribution is 9.10. The highest BCUT2D eigenvalue weighted by Gasteiger charge is 2.07. The van der Waals surface area contributed by atoms with Crippen LogP contribution < -0.4 is 14.2 Å². The summed E-state index contributed by atoms with van der Waals surface area (Å²) in [5.41, 5.74) is 4.44. The Kier molecular flexibility index (Phi) is 10.1. The zero-order valence-corrected chi connectivity index (χ0v) is 23.1. The van der Waals surface area contributed by atoms with E-state index in [-0.39, 0.29) is 5.75 Å². The molecular formula is C29H28Br2O4. The minimum absolute atomic E-state index is 0.268. The molecule has 0 atom stereocenters. The minimum atomic E-state index is 0.268. The van der Waals surface area contributed by atoms with E-state index in [1.165, 1.54) is 5.56 Å². The van der Waals surface area contributed by atoms with Crippen LogP contribution >= 0.6 is 31.9 Å². The lowest BCUT2D eigenvalue weighted by molar-refractivity contribution is 0.391. The first-order valence-electron chi connectivity index (χ1n) is 11.0. The van der Waals surface area contributed by atoms with Crippen molar-refractivity contribution in [3.63, 3.8) is 0 Å². The number of aromatic hydroxyl groups is 1. The van der Waals surface area contributed by atoms with Crippen LogP contribution in [0.3, 0.4) is 0 Å².